The van der Waals surface area contributed by atoms with Crippen LogP contribution in [0.25, 0.3) is 0 Å². The van der Waals surface area contributed by atoms with Crippen molar-refractivity contribution in [2.45, 2.75) is 37.8 Å². The van der Waals surface area contributed by atoms with Gasteiger partial charge in [-0.1, -0.05) is 0 Å². The van der Waals surface area contributed by atoms with Crippen LogP contribution in [0.2, 0.25) is 0 Å². The summed E-state index contributed by atoms with van der Waals surface area (Å²) in [5.74, 6) is 1.11. The van der Waals surface area contributed by atoms with Crippen LogP contribution < -0.4 is 11.1 Å². The number of likely N-dealkylation sites (tertiary alicyclic amines) is 1. The number of nitrogens with two attached hydrogens (primary N) is 1. The second-order valence-electron chi connectivity index (χ2n) is 6.17. The summed E-state index contributed by atoms with van der Waals surface area (Å²) in [5, 5.41) is 22.4. The van der Waals surface area contributed by atoms with E-state index in [4.69, 9.17) is 10.8 Å². The van der Waals surface area contributed by atoms with E-state index in [9.17, 15) is 5.11 Å². The average Bonchev–Trinajstić information content (AvgIpc) is 3.20. The van der Waals surface area contributed by atoms with Crippen LogP contribution in [0.4, 0.5) is 0 Å². The van der Waals surface area contributed by atoms with E-state index in [-0.39, 0.29) is 12.7 Å². The van der Waals surface area contributed by atoms with Crippen LogP contribution in [0.5, 0.6) is 0 Å². The Morgan fingerprint density at radius 1 is 1.32 bits per heavy atom. The van der Waals surface area contributed by atoms with Gasteiger partial charge in [-0.25, -0.2) is 0 Å². The molecule has 3 atom stereocenters. The van der Waals surface area contributed by atoms with Gasteiger partial charge < -0.3 is 26.2 Å². The fourth-order valence-corrected chi connectivity index (χ4v) is 3.27. The fraction of sp³-hybridized carbons (Fsp3) is 1.00. The van der Waals surface area contributed by atoms with E-state index in [1.165, 1.54) is 12.8 Å². The number of aliphatic hydroxyl groups is 2. The number of aliphatic hydroxyl groups excluding tert-OH is 2. The summed E-state index contributed by atoms with van der Waals surface area (Å²) in [6.45, 7) is 4.51. The van der Waals surface area contributed by atoms with E-state index >= 15 is 0 Å². The van der Waals surface area contributed by atoms with Gasteiger partial charge in [-0.3, -0.25) is 0 Å². The Hall–Kier alpha value is -0.200. The maximum atomic E-state index is 10.1. The summed E-state index contributed by atoms with van der Waals surface area (Å²) < 4.78 is 0. The predicted octanol–water partition coefficient (Wildman–Crippen LogP) is -0.621. The van der Waals surface area contributed by atoms with Gasteiger partial charge in [0.2, 0.25) is 0 Å². The third-order valence-corrected chi connectivity index (χ3v) is 4.34. The Kier molecular flexibility index (Phi) is 6.04. The zero-order valence-corrected chi connectivity index (χ0v) is 11.8. The van der Waals surface area contributed by atoms with Crippen LogP contribution in [0.3, 0.4) is 0 Å². The van der Waals surface area contributed by atoms with E-state index < -0.39 is 0 Å². The van der Waals surface area contributed by atoms with Crippen molar-refractivity contribution in [2.75, 3.05) is 39.3 Å². The van der Waals surface area contributed by atoms with Crippen molar-refractivity contribution in [3.63, 3.8) is 0 Å². The predicted molar refractivity (Wildman–Crippen MR) is 75.8 cm³/mol. The summed E-state index contributed by atoms with van der Waals surface area (Å²) in [4.78, 5) is 2.39. The summed E-state index contributed by atoms with van der Waals surface area (Å²) in [6, 6.07) is 0.420. The second-order valence-corrected chi connectivity index (χ2v) is 6.17. The van der Waals surface area contributed by atoms with E-state index in [1.54, 1.807) is 0 Å². The van der Waals surface area contributed by atoms with Crippen LogP contribution in [-0.2, 0) is 0 Å². The van der Waals surface area contributed by atoms with Gasteiger partial charge in [0.15, 0.2) is 0 Å². The molecule has 1 aliphatic heterocycles. The molecule has 0 radical (unpaired) electrons. The molecule has 0 amide bonds. The number of nitrogens with zero attached hydrogens (tertiary/aromatic N) is 1. The van der Waals surface area contributed by atoms with E-state index in [0.717, 1.165) is 32.5 Å². The highest BCUT2D eigenvalue weighted by atomic mass is 16.3. The maximum Gasteiger partial charge on any atom is 0.0571 e. The summed E-state index contributed by atoms with van der Waals surface area (Å²) in [6.07, 6.45) is 4.31. The molecule has 112 valence electrons. The lowest BCUT2D eigenvalue weighted by Gasteiger charge is -2.38. The molecule has 1 saturated carbocycles. The van der Waals surface area contributed by atoms with E-state index in [0.29, 0.717) is 31.0 Å². The number of rotatable bonds is 8. The van der Waals surface area contributed by atoms with Gasteiger partial charge in [0.25, 0.3) is 0 Å². The van der Waals surface area contributed by atoms with Crippen LogP contribution in [0.1, 0.15) is 25.7 Å². The first-order valence-electron chi connectivity index (χ1n) is 7.67. The van der Waals surface area contributed by atoms with Crippen LogP contribution >= 0.6 is 0 Å². The topological polar surface area (TPSA) is 81.8 Å². The largest absolute Gasteiger partial charge is 0.395 e. The SMILES string of the molecule is NCCN1CC(CC(O)C2CC2)CC(NCCO)C1. The van der Waals surface area contributed by atoms with Gasteiger partial charge in [0, 0.05) is 38.8 Å². The molecule has 2 fully saturated rings. The van der Waals surface area contributed by atoms with Crippen molar-refractivity contribution in [2.24, 2.45) is 17.6 Å². The van der Waals surface area contributed by atoms with E-state index in [2.05, 4.69) is 10.2 Å². The van der Waals surface area contributed by atoms with Crippen molar-refractivity contribution < 1.29 is 10.2 Å². The molecule has 1 heterocycles. The molecule has 0 spiro atoms. The first kappa shape index (κ1) is 15.2. The molecular formula is C14H29N3O2. The zero-order chi connectivity index (χ0) is 13.7. The highest BCUT2D eigenvalue weighted by Crippen LogP contribution is 2.36. The Bertz CT molecular complexity index is 261. The quantitative estimate of drug-likeness (QED) is 0.473. The Balaban J connectivity index is 1.81. The van der Waals surface area contributed by atoms with Crippen molar-refractivity contribution in [3.8, 4) is 0 Å². The molecule has 5 nitrogen and oxygen atoms in total. The molecule has 5 heteroatoms. The van der Waals surface area contributed by atoms with Gasteiger partial charge in [-0.15, -0.1) is 0 Å². The lowest BCUT2D eigenvalue weighted by atomic mass is 9.88. The number of piperidine rings is 1. The molecular weight excluding hydrogens is 242 g/mol. The molecule has 3 unspecified atom stereocenters. The van der Waals surface area contributed by atoms with Crippen molar-refractivity contribution in [3.05, 3.63) is 0 Å². The summed E-state index contributed by atoms with van der Waals surface area (Å²) in [5.41, 5.74) is 5.66. The zero-order valence-electron chi connectivity index (χ0n) is 11.8. The third-order valence-electron chi connectivity index (χ3n) is 4.34. The minimum atomic E-state index is -0.110. The third kappa shape index (κ3) is 5.00. The molecule has 1 saturated heterocycles. The molecule has 0 aromatic rings. The molecule has 0 aromatic heterocycles. The second kappa shape index (κ2) is 7.55. The van der Waals surface area contributed by atoms with Gasteiger partial charge in [-0.2, -0.15) is 0 Å². The summed E-state index contributed by atoms with van der Waals surface area (Å²) in [7, 11) is 0. The molecule has 19 heavy (non-hydrogen) atoms. The molecule has 1 aliphatic carbocycles. The van der Waals surface area contributed by atoms with Gasteiger partial charge in [0.05, 0.1) is 12.7 Å². The van der Waals surface area contributed by atoms with Crippen molar-refractivity contribution >= 4 is 0 Å². The minimum absolute atomic E-state index is 0.110. The highest BCUT2D eigenvalue weighted by molar-refractivity contribution is 4.88. The molecule has 0 aromatic carbocycles. The van der Waals surface area contributed by atoms with Crippen LogP contribution in [-0.4, -0.2) is 66.6 Å². The summed E-state index contributed by atoms with van der Waals surface area (Å²) >= 11 is 0. The average molecular weight is 271 g/mol. The molecule has 5 N–H and O–H groups in total. The lowest BCUT2D eigenvalue weighted by Crippen LogP contribution is -2.51. The number of hydrogen-bond acceptors (Lipinski definition) is 5. The van der Waals surface area contributed by atoms with E-state index in [1.807, 2.05) is 0 Å². The molecule has 0 bridgehead atoms. The Morgan fingerprint density at radius 2 is 2.11 bits per heavy atom. The van der Waals surface area contributed by atoms with Crippen LogP contribution in [0, 0.1) is 11.8 Å². The highest BCUT2D eigenvalue weighted by Gasteiger charge is 2.34. The normalized spacial score (nSPS) is 30.5. The Morgan fingerprint density at radius 3 is 2.74 bits per heavy atom. The van der Waals surface area contributed by atoms with Gasteiger partial charge >= 0.3 is 0 Å². The van der Waals surface area contributed by atoms with Crippen molar-refractivity contribution in [1.29, 1.82) is 0 Å². The van der Waals surface area contributed by atoms with Gasteiger partial charge in [-0.05, 0) is 37.5 Å². The van der Waals surface area contributed by atoms with Crippen LogP contribution in [0.15, 0.2) is 0 Å². The molecule has 2 aliphatic rings. The number of hydrogen-bond donors (Lipinski definition) is 4. The number of nitrogens with one attached hydrogen (secondary N) is 1. The minimum Gasteiger partial charge on any atom is -0.395 e. The van der Waals surface area contributed by atoms with Gasteiger partial charge in [0.1, 0.15) is 0 Å². The first-order valence-corrected chi connectivity index (χ1v) is 7.67. The van der Waals surface area contributed by atoms with Crippen molar-refractivity contribution in [1.82, 2.24) is 10.2 Å². The smallest absolute Gasteiger partial charge is 0.0571 e. The first-order chi connectivity index (χ1) is 9.22. The lowest BCUT2D eigenvalue weighted by molar-refractivity contribution is 0.0751. The fourth-order valence-electron chi connectivity index (χ4n) is 3.27. The molecule has 2 rings (SSSR count). The Labute approximate surface area is 116 Å². The standard InChI is InChI=1S/C14H29N3O2/c15-3-5-17-9-11(8-14(19)12-1-2-12)7-13(10-17)16-4-6-18/h11-14,16,18-19H,1-10,15H2. The monoisotopic (exact) mass is 271 g/mol. The maximum absolute atomic E-state index is 10.1.